The zero-order valence-corrected chi connectivity index (χ0v) is 9.21. The van der Waals surface area contributed by atoms with Crippen LogP contribution in [0.1, 0.15) is 21.6 Å². The average molecular weight is 226 g/mol. The summed E-state index contributed by atoms with van der Waals surface area (Å²) in [5, 5.41) is 17.9. The van der Waals surface area contributed by atoms with Crippen molar-refractivity contribution in [2.24, 2.45) is 0 Å². The Morgan fingerprint density at radius 3 is 2.82 bits per heavy atom. The molecule has 1 aromatic carbocycles. The van der Waals surface area contributed by atoms with Crippen molar-refractivity contribution in [3.63, 3.8) is 0 Å². The summed E-state index contributed by atoms with van der Waals surface area (Å²) >= 11 is 0. The number of aromatic nitrogens is 1. The van der Waals surface area contributed by atoms with E-state index in [1.54, 1.807) is 41.1 Å². The van der Waals surface area contributed by atoms with Gasteiger partial charge in [0, 0.05) is 11.9 Å². The van der Waals surface area contributed by atoms with Crippen molar-refractivity contribution in [3.8, 4) is 11.8 Å². The van der Waals surface area contributed by atoms with Gasteiger partial charge in [-0.2, -0.15) is 5.26 Å². The molecule has 84 valence electrons. The van der Waals surface area contributed by atoms with E-state index >= 15 is 0 Å². The molecule has 0 unspecified atom stereocenters. The maximum Gasteiger partial charge on any atom is 0.335 e. The lowest BCUT2D eigenvalue weighted by atomic mass is 10.1. The van der Waals surface area contributed by atoms with Gasteiger partial charge in [-0.1, -0.05) is 6.07 Å². The second-order valence-corrected chi connectivity index (χ2v) is 3.68. The lowest BCUT2D eigenvalue weighted by molar-refractivity contribution is 0.0697. The molecule has 1 aromatic heterocycles. The normalized spacial score (nSPS) is 9.88. The molecule has 0 bridgehead atoms. The number of benzene rings is 1. The fourth-order valence-electron chi connectivity index (χ4n) is 1.68. The van der Waals surface area contributed by atoms with E-state index in [-0.39, 0.29) is 5.56 Å². The van der Waals surface area contributed by atoms with Crippen molar-refractivity contribution >= 4 is 5.97 Å². The van der Waals surface area contributed by atoms with E-state index in [0.29, 0.717) is 11.4 Å². The first-order valence-electron chi connectivity index (χ1n) is 5.05. The van der Waals surface area contributed by atoms with Gasteiger partial charge in [0.2, 0.25) is 0 Å². The smallest absolute Gasteiger partial charge is 0.335 e. The van der Waals surface area contributed by atoms with Crippen LogP contribution in [-0.4, -0.2) is 15.6 Å². The first-order valence-corrected chi connectivity index (χ1v) is 5.05. The number of hydrogen-bond acceptors (Lipinski definition) is 2. The predicted molar refractivity (Wildman–Crippen MR) is 62.2 cm³/mol. The molecule has 0 radical (unpaired) electrons. The summed E-state index contributed by atoms with van der Waals surface area (Å²) < 4.78 is 1.68. The molecule has 2 rings (SSSR count). The standard InChI is InChI=1S/C13H10N2O2/c1-9-4-5-10(13(16)17)7-12(9)15-6-2-3-11(15)8-14/h2-7H,1H3,(H,16,17). The number of carboxylic acid groups (broad SMARTS) is 1. The minimum atomic E-state index is -0.975. The van der Waals surface area contributed by atoms with Crippen LogP contribution in [0.2, 0.25) is 0 Å². The molecular weight excluding hydrogens is 216 g/mol. The number of carbonyl (C=O) groups is 1. The Bertz CT molecular complexity index is 621. The van der Waals surface area contributed by atoms with Crippen molar-refractivity contribution < 1.29 is 9.90 Å². The highest BCUT2D eigenvalue weighted by molar-refractivity contribution is 5.88. The highest BCUT2D eigenvalue weighted by Gasteiger charge is 2.09. The van der Waals surface area contributed by atoms with Gasteiger partial charge < -0.3 is 9.67 Å². The Balaban J connectivity index is 2.63. The van der Waals surface area contributed by atoms with Gasteiger partial charge in [-0.05, 0) is 36.8 Å². The van der Waals surface area contributed by atoms with Crippen molar-refractivity contribution in [2.45, 2.75) is 6.92 Å². The van der Waals surface area contributed by atoms with Gasteiger partial charge in [0.15, 0.2) is 0 Å². The zero-order chi connectivity index (χ0) is 12.4. The summed E-state index contributed by atoms with van der Waals surface area (Å²) in [6, 6.07) is 10.4. The summed E-state index contributed by atoms with van der Waals surface area (Å²) in [5.41, 5.74) is 2.33. The van der Waals surface area contributed by atoms with Gasteiger partial charge >= 0.3 is 5.97 Å². The Morgan fingerprint density at radius 2 is 2.18 bits per heavy atom. The molecule has 17 heavy (non-hydrogen) atoms. The fraction of sp³-hybridized carbons (Fsp3) is 0.0769. The molecule has 0 aliphatic heterocycles. The Kier molecular flexibility index (Phi) is 2.67. The molecule has 4 heteroatoms. The van der Waals surface area contributed by atoms with E-state index in [9.17, 15) is 4.79 Å². The number of nitriles is 1. The van der Waals surface area contributed by atoms with Gasteiger partial charge in [0.1, 0.15) is 11.8 Å². The van der Waals surface area contributed by atoms with Crippen LogP contribution >= 0.6 is 0 Å². The third kappa shape index (κ3) is 1.91. The highest BCUT2D eigenvalue weighted by Crippen LogP contribution is 2.18. The molecule has 0 spiro atoms. The van der Waals surface area contributed by atoms with Crippen LogP contribution in [0.5, 0.6) is 0 Å². The lowest BCUT2D eigenvalue weighted by Crippen LogP contribution is -2.02. The number of aryl methyl sites for hydroxylation is 1. The summed E-state index contributed by atoms with van der Waals surface area (Å²) in [7, 11) is 0. The van der Waals surface area contributed by atoms with Crippen LogP contribution in [0.15, 0.2) is 36.5 Å². The van der Waals surface area contributed by atoms with Gasteiger partial charge in [0.05, 0.1) is 5.56 Å². The molecule has 4 nitrogen and oxygen atoms in total. The van der Waals surface area contributed by atoms with E-state index in [2.05, 4.69) is 6.07 Å². The summed E-state index contributed by atoms with van der Waals surface area (Å²) in [6.07, 6.45) is 1.74. The predicted octanol–water partition coefficient (Wildman–Crippen LogP) is 2.36. The average Bonchev–Trinajstić information content (AvgIpc) is 2.77. The van der Waals surface area contributed by atoms with Crippen LogP contribution in [-0.2, 0) is 0 Å². The van der Waals surface area contributed by atoms with E-state index in [1.807, 2.05) is 6.92 Å². The summed E-state index contributed by atoms with van der Waals surface area (Å²) in [6.45, 7) is 1.88. The number of aromatic carboxylic acids is 1. The molecular formula is C13H10N2O2. The molecule has 0 atom stereocenters. The van der Waals surface area contributed by atoms with Crippen molar-refractivity contribution in [1.82, 2.24) is 4.57 Å². The molecule has 0 saturated heterocycles. The van der Waals surface area contributed by atoms with Crippen molar-refractivity contribution in [2.75, 3.05) is 0 Å². The van der Waals surface area contributed by atoms with Crippen LogP contribution in [0.3, 0.4) is 0 Å². The minimum Gasteiger partial charge on any atom is -0.478 e. The molecule has 1 heterocycles. The number of nitrogens with zero attached hydrogens (tertiary/aromatic N) is 2. The molecule has 0 aliphatic carbocycles. The van der Waals surface area contributed by atoms with Gasteiger partial charge in [-0.3, -0.25) is 0 Å². The maximum atomic E-state index is 10.9. The van der Waals surface area contributed by atoms with E-state index in [1.165, 1.54) is 0 Å². The molecule has 0 saturated carbocycles. The Morgan fingerprint density at radius 1 is 1.41 bits per heavy atom. The zero-order valence-electron chi connectivity index (χ0n) is 9.21. The van der Waals surface area contributed by atoms with Crippen LogP contribution in [0.4, 0.5) is 0 Å². The van der Waals surface area contributed by atoms with Crippen LogP contribution in [0.25, 0.3) is 5.69 Å². The van der Waals surface area contributed by atoms with E-state index in [0.717, 1.165) is 5.56 Å². The monoisotopic (exact) mass is 226 g/mol. The third-order valence-electron chi connectivity index (χ3n) is 2.58. The first kappa shape index (κ1) is 11.0. The fourth-order valence-corrected chi connectivity index (χ4v) is 1.68. The molecule has 0 aliphatic rings. The topological polar surface area (TPSA) is 66.0 Å². The lowest BCUT2D eigenvalue weighted by Gasteiger charge is -2.09. The Labute approximate surface area is 98.4 Å². The SMILES string of the molecule is Cc1ccc(C(=O)O)cc1-n1cccc1C#N. The van der Waals surface area contributed by atoms with E-state index in [4.69, 9.17) is 10.4 Å². The molecule has 2 aromatic rings. The van der Waals surface area contributed by atoms with Gasteiger partial charge in [0.25, 0.3) is 0 Å². The van der Waals surface area contributed by atoms with Gasteiger partial charge in [-0.25, -0.2) is 4.79 Å². The highest BCUT2D eigenvalue weighted by atomic mass is 16.4. The quantitative estimate of drug-likeness (QED) is 0.854. The molecule has 0 fully saturated rings. The van der Waals surface area contributed by atoms with Crippen LogP contribution < -0.4 is 0 Å². The third-order valence-corrected chi connectivity index (χ3v) is 2.58. The minimum absolute atomic E-state index is 0.211. The maximum absolute atomic E-state index is 10.9. The van der Waals surface area contributed by atoms with Crippen molar-refractivity contribution in [1.29, 1.82) is 5.26 Å². The summed E-state index contributed by atoms with van der Waals surface area (Å²) in [5.74, 6) is -0.975. The Hall–Kier alpha value is -2.54. The second kappa shape index (κ2) is 4.14. The van der Waals surface area contributed by atoms with Crippen molar-refractivity contribution in [3.05, 3.63) is 53.3 Å². The second-order valence-electron chi connectivity index (χ2n) is 3.68. The largest absolute Gasteiger partial charge is 0.478 e. The van der Waals surface area contributed by atoms with Gasteiger partial charge in [-0.15, -0.1) is 0 Å². The number of rotatable bonds is 2. The first-order chi connectivity index (χ1) is 8.13. The van der Waals surface area contributed by atoms with Crippen LogP contribution in [0, 0.1) is 18.3 Å². The van der Waals surface area contributed by atoms with E-state index < -0.39 is 5.97 Å². The number of carboxylic acids is 1. The molecule has 1 N–H and O–H groups in total. The number of hydrogen-bond donors (Lipinski definition) is 1. The summed E-state index contributed by atoms with van der Waals surface area (Å²) in [4.78, 5) is 10.9. The molecule has 0 amide bonds.